The quantitative estimate of drug-likeness (QED) is 0.308. The Bertz CT molecular complexity index is 1190. The molecule has 0 atom stereocenters. The van der Waals surface area contributed by atoms with Gasteiger partial charge in [-0.15, -0.1) is 11.3 Å². The Kier molecular flexibility index (Phi) is 6.43. The molecule has 31 heavy (non-hydrogen) atoms. The first kappa shape index (κ1) is 21.6. The van der Waals surface area contributed by atoms with Crippen molar-refractivity contribution in [3.63, 3.8) is 0 Å². The van der Waals surface area contributed by atoms with Crippen LogP contribution in [0.15, 0.2) is 40.3 Å². The van der Waals surface area contributed by atoms with Gasteiger partial charge in [-0.3, -0.25) is 19.0 Å². The minimum absolute atomic E-state index is 0.0468. The van der Waals surface area contributed by atoms with E-state index < -0.39 is 5.97 Å². The highest BCUT2D eigenvalue weighted by atomic mass is 32.2. The van der Waals surface area contributed by atoms with Gasteiger partial charge in [-0.25, -0.2) is 4.98 Å². The third kappa shape index (κ3) is 4.38. The van der Waals surface area contributed by atoms with Crippen molar-refractivity contribution in [2.75, 3.05) is 23.8 Å². The van der Waals surface area contributed by atoms with Gasteiger partial charge in [-0.1, -0.05) is 30.0 Å². The van der Waals surface area contributed by atoms with E-state index in [1.807, 2.05) is 18.2 Å². The SMILES string of the molecule is CCOC(=O)CN(C(=O)CSc1nc2sc3c(c2c(=O)n1C)CCC3)c1ccccc1. The van der Waals surface area contributed by atoms with Gasteiger partial charge in [-0.05, 0) is 43.9 Å². The summed E-state index contributed by atoms with van der Waals surface area (Å²) in [5, 5.41) is 1.22. The van der Waals surface area contributed by atoms with Gasteiger partial charge in [0, 0.05) is 17.6 Å². The number of rotatable bonds is 7. The number of thioether (sulfide) groups is 1. The van der Waals surface area contributed by atoms with Crippen LogP contribution in [0.5, 0.6) is 0 Å². The highest BCUT2D eigenvalue weighted by Gasteiger charge is 2.24. The van der Waals surface area contributed by atoms with Gasteiger partial charge in [0.25, 0.3) is 5.56 Å². The smallest absolute Gasteiger partial charge is 0.326 e. The van der Waals surface area contributed by atoms with Gasteiger partial charge < -0.3 is 9.64 Å². The molecule has 0 bridgehead atoms. The number of esters is 1. The molecule has 1 aromatic carbocycles. The second-order valence-electron chi connectivity index (χ2n) is 7.21. The molecule has 0 saturated carbocycles. The lowest BCUT2D eigenvalue weighted by atomic mass is 10.2. The molecule has 2 heterocycles. The fourth-order valence-corrected chi connectivity index (χ4v) is 5.86. The fourth-order valence-electron chi connectivity index (χ4n) is 3.71. The van der Waals surface area contributed by atoms with Gasteiger partial charge in [0.05, 0.1) is 17.7 Å². The number of fused-ring (bicyclic) bond motifs is 3. The van der Waals surface area contributed by atoms with Gasteiger partial charge in [0.15, 0.2) is 5.16 Å². The van der Waals surface area contributed by atoms with Crippen molar-refractivity contribution in [1.82, 2.24) is 9.55 Å². The minimum atomic E-state index is -0.468. The van der Waals surface area contributed by atoms with Crippen molar-refractivity contribution in [1.29, 1.82) is 0 Å². The van der Waals surface area contributed by atoms with Crippen molar-refractivity contribution in [2.24, 2.45) is 7.05 Å². The van der Waals surface area contributed by atoms with E-state index in [0.717, 1.165) is 35.0 Å². The third-order valence-electron chi connectivity index (χ3n) is 5.19. The normalized spacial score (nSPS) is 12.7. The van der Waals surface area contributed by atoms with Crippen molar-refractivity contribution < 1.29 is 14.3 Å². The summed E-state index contributed by atoms with van der Waals surface area (Å²) in [6.07, 6.45) is 3.01. The lowest BCUT2D eigenvalue weighted by molar-refractivity contribution is -0.142. The molecule has 9 heteroatoms. The predicted octanol–water partition coefficient (Wildman–Crippen LogP) is 3.17. The van der Waals surface area contributed by atoms with E-state index in [1.165, 1.54) is 26.1 Å². The Morgan fingerprint density at radius 3 is 2.77 bits per heavy atom. The number of ether oxygens (including phenoxy) is 1. The maximum atomic E-state index is 13.0. The van der Waals surface area contributed by atoms with Gasteiger partial charge in [0.1, 0.15) is 11.4 Å². The Morgan fingerprint density at radius 2 is 2.03 bits per heavy atom. The van der Waals surface area contributed by atoms with Gasteiger partial charge >= 0.3 is 5.97 Å². The number of aryl methyl sites for hydroxylation is 2. The van der Waals surface area contributed by atoms with E-state index in [4.69, 9.17) is 4.74 Å². The molecule has 1 aliphatic carbocycles. The van der Waals surface area contributed by atoms with Crippen LogP contribution in [0.1, 0.15) is 23.8 Å². The molecule has 0 N–H and O–H groups in total. The Labute approximate surface area is 188 Å². The van der Waals surface area contributed by atoms with Crippen molar-refractivity contribution >= 4 is 50.9 Å². The summed E-state index contributed by atoms with van der Waals surface area (Å²) in [5.74, 6) is -0.678. The lowest BCUT2D eigenvalue weighted by Gasteiger charge is -2.21. The number of para-hydroxylation sites is 1. The number of benzene rings is 1. The molecule has 4 rings (SSSR count). The number of amides is 1. The van der Waals surface area contributed by atoms with E-state index in [9.17, 15) is 14.4 Å². The largest absolute Gasteiger partial charge is 0.465 e. The molecule has 1 aliphatic rings. The Morgan fingerprint density at radius 1 is 1.26 bits per heavy atom. The standard InChI is InChI=1S/C22H23N3O4S2/c1-3-29-18(27)12-25(14-8-5-4-6-9-14)17(26)13-30-22-23-20-19(21(28)24(22)2)15-10-7-11-16(15)31-20/h4-6,8-9H,3,7,10-13H2,1-2H3. The first-order chi connectivity index (χ1) is 15.0. The summed E-state index contributed by atoms with van der Waals surface area (Å²) >= 11 is 2.78. The van der Waals surface area contributed by atoms with Crippen LogP contribution >= 0.6 is 23.1 Å². The number of thiophene rings is 1. The summed E-state index contributed by atoms with van der Waals surface area (Å²) in [7, 11) is 1.69. The third-order valence-corrected chi connectivity index (χ3v) is 7.39. The summed E-state index contributed by atoms with van der Waals surface area (Å²) in [4.78, 5) is 46.1. The average molecular weight is 458 g/mol. The van der Waals surface area contributed by atoms with E-state index in [2.05, 4.69) is 4.98 Å². The number of hydrogen-bond donors (Lipinski definition) is 0. The molecule has 2 aromatic heterocycles. The van der Waals surface area contributed by atoms with Crippen LogP contribution in [0.2, 0.25) is 0 Å². The van der Waals surface area contributed by atoms with Crippen LogP contribution in [-0.4, -0.2) is 40.3 Å². The maximum Gasteiger partial charge on any atom is 0.326 e. The lowest BCUT2D eigenvalue weighted by Crippen LogP contribution is -2.37. The minimum Gasteiger partial charge on any atom is -0.465 e. The topological polar surface area (TPSA) is 81.5 Å². The molecular weight excluding hydrogens is 434 g/mol. The number of nitrogens with zero attached hydrogens (tertiary/aromatic N) is 3. The van der Waals surface area contributed by atoms with Crippen molar-refractivity contribution in [3.05, 3.63) is 51.1 Å². The Hall–Kier alpha value is -2.65. The molecule has 0 unspecified atom stereocenters. The van der Waals surface area contributed by atoms with Crippen LogP contribution in [0.25, 0.3) is 10.2 Å². The molecule has 0 saturated heterocycles. The van der Waals surface area contributed by atoms with E-state index in [1.54, 1.807) is 37.4 Å². The van der Waals surface area contributed by atoms with Crippen LogP contribution < -0.4 is 10.5 Å². The highest BCUT2D eigenvalue weighted by Crippen LogP contribution is 2.35. The molecule has 0 fully saturated rings. The second-order valence-corrected chi connectivity index (χ2v) is 9.23. The molecule has 0 spiro atoms. The zero-order valence-electron chi connectivity index (χ0n) is 17.4. The predicted molar refractivity (Wildman–Crippen MR) is 123 cm³/mol. The maximum absolute atomic E-state index is 13.0. The number of carbonyl (C=O) groups excluding carboxylic acids is 2. The molecule has 1 amide bonds. The van der Waals surface area contributed by atoms with Crippen LogP contribution in [0.3, 0.4) is 0 Å². The van der Waals surface area contributed by atoms with Crippen LogP contribution in [-0.2, 0) is 34.2 Å². The van der Waals surface area contributed by atoms with Gasteiger partial charge in [-0.2, -0.15) is 0 Å². The first-order valence-electron chi connectivity index (χ1n) is 10.1. The molecular formula is C22H23N3O4S2. The summed E-state index contributed by atoms with van der Waals surface area (Å²) in [6, 6.07) is 9.01. The van der Waals surface area contributed by atoms with Crippen molar-refractivity contribution in [3.8, 4) is 0 Å². The molecule has 0 aliphatic heterocycles. The van der Waals surface area contributed by atoms with Crippen molar-refractivity contribution in [2.45, 2.75) is 31.3 Å². The van der Waals surface area contributed by atoms with Crippen LogP contribution in [0.4, 0.5) is 5.69 Å². The zero-order chi connectivity index (χ0) is 22.0. The van der Waals surface area contributed by atoms with Gasteiger partial charge in [0.2, 0.25) is 5.91 Å². The molecule has 7 nitrogen and oxygen atoms in total. The zero-order valence-corrected chi connectivity index (χ0v) is 19.1. The van der Waals surface area contributed by atoms with E-state index >= 15 is 0 Å². The monoisotopic (exact) mass is 457 g/mol. The van der Waals surface area contributed by atoms with Crippen LogP contribution in [0, 0.1) is 0 Å². The number of aromatic nitrogens is 2. The summed E-state index contributed by atoms with van der Waals surface area (Å²) in [5.41, 5.74) is 1.70. The number of hydrogen-bond acceptors (Lipinski definition) is 7. The van der Waals surface area contributed by atoms with E-state index in [0.29, 0.717) is 10.8 Å². The molecule has 162 valence electrons. The highest BCUT2D eigenvalue weighted by molar-refractivity contribution is 7.99. The summed E-state index contributed by atoms with van der Waals surface area (Å²) < 4.78 is 6.54. The summed E-state index contributed by atoms with van der Waals surface area (Å²) in [6.45, 7) is 1.81. The van der Waals surface area contributed by atoms with E-state index in [-0.39, 0.29) is 30.4 Å². The number of anilines is 1. The molecule has 3 aromatic rings. The number of carbonyl (C=O) groups is 2. The fraction of sp³-hybridized carbons (Fsp3) is 0.364. The Balaban J connectivity index is 1.56. The average Bonchev–Trinajstić information content (AvgIpc) is 3.35. The first-order valence-corrected chi connectivity index (χ1v) is 11.9. The molecule has 0 radical (unpaired) electrons. The second kappa shape index (κ2) is 9.23.